The summed E-state index contributed by atoms with van der Waals surface area (Å²) in [6.07, 6.45) is 0. The number of rotatable bonds is 3. The average molecular weight is 378 g/mol. The summed E-state index contributed by atoms with van der Waals surface area (Å²) in [7, 11) is 0. The molecule has 25 heavy (non-hydrogen) atoms. The van der Waals surface area contributed by atoms with E-state index >= 15 is 0 Å². The molecule has 0 spiro atoms. The van der Waals surface area contributed by atoms with Gasteiger partial charge in [-0.15, -0.1) is 11.3 Å². The van der Waals surface area contributed by atoms with E-state index in [1.807, 2.05) is 22.4 Å². The minimum atomic E-state index is -0.394. The van der Waals surface area contributed by atoms with Crippen molar-refractivity contribution >= 4 is 39.9 Å². The second kappa shape index (κ2) is 6.67. The Labute approximate surface area is 152 Å². The van der Waals surface area contributed by atoms with Crippen LogP contribution in [0, 0.1) is 0 Å². The van der Waals surface area contributed by atoms with Gasteiger partial charge in [0, 0.05) is 37.3 Å². The number of carbonyl (C=O) groups is 1. The fourth-order valence-electron chi connectivity index (χ4n) is 3.02. The molecule has 1 aliphatic heterocycles. The topological polar surface area (TPSA) is 58.7 Å². The Morgan fingerprint density at radius 3 is 2.72 bits per heavy atom. The number of carbonyl (C=O) groups excluding carboxylic acids is 1. The quantitative estimate of drug-likeness (QED) is 0.704. The molecule has 0 unspecified atom stereocenters. The number of benzene rings is 1. The van der Waals surface area contributed by atoms with Gasteiger partial charge in [-0.1, -0.05) is 17.7 Å². The normalized spacial score (nSPS) is 15.8. The highest BCUT2D eigenvalue weighted by Crippen LogP contribution is 2.19. The van der Waals surface area contributed by atoms with E-state index in [0.29, 0.717) is 43.5 Å². The Morgan fingerprint density at radius 1 is 1.20 bits per heavy atom. The summed E-state index contributed by atoms with van der Waals surface area (Å²) in [4.78, 5) is 29.3. The van der Waals surface area contributed by atoms with Gasteiger partial charge >= 0.3 is 5.76 Å². The number of oxazole rings is 1. The maximum absolute atomic E-state index is 12.4. The zero-order chi connectivity index (χ0) is 17.4. The van der Waals surface area contributed by atoms with Crippen LogP contribution < -0.4 is 5.76 Å². The molecule has 1 aromatic carbocycles. The Hall–Kier alpha value is -2.09. The van der Waals surface area contributed by atoms with Gasteiger partial charge < -0.3 is 9.32 Å². The van der Waals surface area contributed by atoms with Crippen molar-refractivity contribution in [2.45, 2.75) is 6.67 Å². The monoisotopic (exact) mass is 377 g/mol. The Balaban J connectivity index is 1.45. The maximum atomic E-state index is 12.4. The molecule has 1 saturated heterocycles. The molecule has 1 aliphatic rings. The van der Waals surface area contributed by atoms with E-state index in [9.17, 15) is 9.59 Å². The number of hydrogen-bond acceptors (Lipinski definition) is 5. The van der Waals surface area contributed by atoms with Gasteiger partial charge in [0.2, 0.25) is 0 Å². The predicted octanol–water partition coefficient (Wildman–Crippen LogP) is 2.72. The molecule has 0 atom stereocenters. The molecule has 3 aromatic rings. The van der Waals surface area contributed by atoms with E-state index < -0.39 is 5.76 Å². The molecule has 0 bridgehead atoms. The van der Waals surface area contributed by atoms with Crippen molar-refractivity contribution in [2.75, 3.05) is 26.2 Å². The summed E-state index contributed by atoms with van der Waals surface area (Å²) >= 11 is 7.40. The highest BCUT2D eigenvalue weighted by Gasteiger charge is 2.23. The van der Waals surface area contributed by atoms with Crippen molar-refractivity contribution in [3.05, 3.63) is 56.2 Å². The molecule has 1 amide bonds. The van der Waals surface area contributed by atoms with Crippen LogP contribution in [0.3, 0.4) is 0 Å². The van der Waals surface area contributed by atoms with Gasteiger partial charge in [-0.05, 0) is 23.6 Å². The first-order valence-corrected chi connectivity index (χ1v) is 9.21. The molecule has 2 aromatic heterocycles. The van der Waals surface area contributed by atoms with Crippen LogP contribution in [0.2, 0.25) is 5.02 Å². The molecule has 6 nitrogen and oxygen atoms in total. The average Bonchev–Trinajstić information content (AvgIpc) is 3.24. The SMILES string of the molecule is O=C(c1cccs1)N1CCN(Cn2c(=O)oc3cc(Cl)ccc32)CC1. The first-order chi connectivity index (χ1) is 12.1. The van der Waals surface area contributed by atoms with Crippen molar-refractivity contribution in [3.63, 3.8) is 0 Å². The van der Waals surface area contributed by atoms with Crippen LogP contribution in [0.25, 0.3) is 11.1 Å². The lowest BCUT2D eigenvalue weighted by Crippen LogP contribution is -2.49. The maximum Gasteiger partial charge on any atom is 0.421 e. The number of amides is 1. The van der Waals surface area contributed by atoms with Crippen LogP contribution >= 0.6 is 22.9 Å². The lowest BCUT2D eigenvalue weighted by molar-refractivity contribution is 0.0597. The van der Waals surface area contributed by atoms with Crippen LogP contribution in [-0.2, 0) is 6.67 Å². The molecule has 0 radical (unpaired) electrons. The number of hydrogen-bond donors (Lipinski definition) is 0. The van der Waals surface area contributed by atoms with E-state index in [4.69, 9.17) is 16.0 Å². The molecule has 4 rings (SSSR count). The number of aromatic nitrogens is 1. The van der Waals surface area contributed by atoms with E-state index in [-0.39, 0.29) is 5.91 Å². The third-order valence-electron chi connectivity index (χ3n) is 4.36. The standard InChI is InChI=1S/C17H16ClN3O3S/c18-12-3-4-13-14(10-12)24-17(23)21(13)11-19-5-7-20(8-6-19)16(22)15-2-1-9-25-15/h1-4,9-10H,5-8,11H2. The van der Waals surface area contributed by atoms with E-state index in [2.05, 4.69) is 4.90 Å². The molecular weight excluding hydrogens is 362 g/mol. The van der Waals surface area contributed by atoms with Gasteiger partial charge in [-0.3, -0.25) is 14.3 Å². The van der Waals surface area contributed by atoms with Crippen LogP contribution in [0.5, 0.6) is 0 Å². The van der Waals surface area contributed by atoms with Crippen LogP contribution in [0.4, 0.5) is 0 Å². The second-order valence-corrected chi connectivity index (χ2v) is 7.32. The van der Waals surface area contributed by atoms with Gasteiger partial charge in [-0.2, -0.15) is 0 Å². The van der Waals surface area contributed by atoms with E-state index in [1.165, 1.54) is 11.3 Å². The Morgan fingerprint density at radius 2 is 2.00 bits per heavy atom. The smallest absolute Gasteiger partial charge is 0.408 e. The first kappa shape index (κ1) is 16.4. The fraction of sp³-hybridized carbons (Fsp3) is 0.294. The minimum absolute atomic E-state index is 0.0789. The molecule has 0 aliphatic carbocycles. The van der Waals surface area contributed by atoms with Crippen LogP contribution in [0.15, 0.2) is 44.9 Å². The summed E-state index contributed by atoms with van der Waals surface area (Å²) in [5, 5.41) is 2.45. The molecule has 130 valence electrons. The largest absolute Gasteiger partial charge is 0.421 e. The lowest BCUT2D eigenvalue weighted by atomic mass is 10.3. The summed E-state index contributed by atoms with van der Waals surface area (Å²) in [6, 6.07) is 8.91. The molecule has 0 N–H and O–H groups in total. The Bertz CT molecular complexity index is 955. The summed E-state index contributed by atoms with van der Waals surface area (Å²) in [5.41, 5.74) is 1.22. The summed E-state index contributed by atoms with van der Waals surface area (Å²) in [5.74, 6) is -0.315. The third kappa shape index (κ3) is 3.22. The number of piperazine rings is 1. The third-order valence-corrected chi connectivity index (χ3v) is 5.46. The number of fused-ring (bicyclic) bond motifs is 1. The second-order valence-electron chi connectivity index (χ2n) is 5.94. The van der Waals surface area contributed by atoms with Crippen molar-refractivity contribution in [1.29, 1.82) is 0 Å². The molecule has 3 heterocycles. The first-order valence-electron chi connectivity index (χ1n) is 7.96. The summed E-state index contributed by atoms with van der Waals surface area (Å²) < 4.78 is 6.86. The van der Waals surface area contributed by atoms with Crippen molar-refractivity contribution in [1.82, 2.24) is 14.4 Å². The van der Waals surface area contributed by atoms with Crippen molar-refractivity contribution < 1.29 is 9.21 Å². The fourth-order valence-corrected chi connectivity index (χ4v) is 3.88. The van der Waals surface area contributed by atoms with Gasteiger partial charge in [0.1, 0.15) is 0 Å². The molecule has 8 heteroatoms. The van der Waals surface area contributed by atoms with Gasteiger partial charge in [-0.25, -0.2) is 4.79 Å². The minimum Gasteiger partial charge on any atom is -0.408 e. The highest BCUT2D eigenvalue weighted by atomic mass is 35.5. The van der Waals surface area contributed by atoms with Crippen molar-refractivity contribution in [2.24, 2.45) is 0 Å². The van der Waals surface area contributed by atoms with Crippen LogP contribution in [0.1, 0.15) is 9.67 Å². The molecule has 0 saturated carbocycles. The zero-order valence-corrected chi connectivity index (χ0v) is 14.9. The van der Waals surface area contributed by atoms with E-state index in [1.54, 1.807) is 22.8 Å². The Kier molecular flexibility index (Phi) is 4.37. The number of nitrogens with zero attached hydrogens (tertiary/aromatic N) is 3. The van der Waals surface area contributed by atoms with Gasteiger partial charge in [0.05, 0.1) is 17.1 Å². The van der Waals surface area contributed by atoms with E-state index in [0.717, 1.165) is 10.4 Å². The number of thiophene rings is 1. The predicted molar refractivity (Wildman–Crippen MR) is 97.3 cm³/mol. The van der Waals surface area contributed by atoms with Gasteiger partial charge in [0.25, 0.3) is 5.91 Å². The highest BCUT2D eigenvalue weighted by molar-refractivity contribution is 7.12. The summed E-state index contributed by atoms with van der Waals surface area (Å²) in [6.45, 7) is 3.16. The van der Waals surface area contributed by atoms with Gasteiger partial charge in [0.15, 0.2) is 5.58 Å². The molecular formula is C17H16ClN3O3S. The van der Waals surface area contributed by atoms with Crippen LogP contribution in [-0.4, -0.2) is 46.5 Å². The van der Waals surface area contributed by atoms with Crippen molar-refractivity contribution in [3.8, 4) is 0 Å². The number of halogens is 1. The lowest BCUT2D eigenvalue weighted by Gasteiger charge is -2.34. The zero-order valence-electron chi connectivity index (χ0n) is 13.4. The molecule has 1 fully saturated rings.